The lowest BCUT2D eigenvalue weighted by Gasteiger charge is -2.35. The lowest BCUT2D eigenvalue weighted by Crippen LogP contribution is -2.49. The normalized spacial score (nSPS) is 40.2. The molecule has 1 fully saturated rings. The average Bonchev–Trinajstić information content (AvgIpc) is 2.02. The Morgan fingerprint density at radius 2 is 2.31 bits per heavy atom. The summed E-state index contributed by atoms with van der Waals surface area (Å²) in [6.07, 6.45) is -1.33. The van der Waals surface area contributed by atoms with E-state index in [4.69, 9.17) is 15.2 Å². The molecule has 1 aliphatic rings. The largest absolute Gasteiger partial charge is 0.392 e. The Labute approximate surface area is 76.8 Å². The van der Waals surface area contributed by atoms with E-state index in [0.29, 0.717) is 0 Å². The van der Waals surface area contributed by atoms with Crippen molar-refractivity contribution in [2.75, 3.05) is 7.11 Å². The van der Waals surface area contributed by atoms with Gasteiger partial charge in [-0.25, -0.2) is 0 Å². The van der Waals surface area contributed by atoms with Gasteiger partial charge in [0.15, 0.2) is 6.29 Å². The number of primary amides is 1. The number of carbonyl (C=O) groups excluding carboxylic acids is 1. The number of aliphatic hydroxyl groups excluding tert-OH is 1. The highest BCUT2D eigenvalue weighted by Gasteiger charge is 2.38. The summed E-state index contributed by atoms with van der Waals surface area (Å²) in [5.41, 5.74) is 5.12. The van der Waals surface area contributed by atoms with E-state index in [0.717, 1.165) is 0 Å². The van der Waals surface area contributed by atoms with Gasteiger partial charge >= 0.3 is 0 Å². The number of aliphatic hydroxyl groups is 1. The van der Waals surface area contributed by atoms with Crippen LogP contribution in [0.15, 0.2) is 0 Å². The first-order valence-electron chi connectivity index (χ1n) is 4.22. The molecule has 0 aromatic carbocycles. The van der Waals surface area contributed by atoms with Crippen molar-refractivity contribution in [1.29, 1.82) is 0 Å². The molecule has 0 radical (unpaired) electrons. The molecule has 0 bridgehead atoms. The topological polar surface area (TPSA) is 81.8 Å². The molecule has 0 aliphatic carbocycles. The summed E-state index contributed by atoms with van der Waals surface area (Å²) in [4.78, 5) is 10.9. The minimum Gasteiger partial charge on any atom is -0.392 e. The molecular formula is C8H15NO4. The Balaban J connectivity index is 2.64. The van der Waals surface area contributed by atoms with Crippen LogP contribution in [0.4, 0.5) is 0 Å². The Morgan fingerprint density at radius 1 is 1.69 bits per heavy atom. The molecular weight excluding hydrogens is 174 g/mol. The lowest BCUT2D eigenvalue weighted by molar-refractivity contribution is -0.219. The molecule has 1 rings (SSSR count). The van der Waals surface area contributed by atoms with Crippen LogP contribution in [-0.2, 0) is 14.3 Å². The number of rotatable bonds is 2. The SMILES string of the molecule is COC1CC(O)C(C(N)=O)C(C)O1. The van der Waals surface area contributed by atoms with Crippen molar-refractivity contribution in [3.63, 3.8) is 0 Å². The summed E-state index contributed by atoms with van der Waals surface area (Å²) in [5, 5.41) is 9.55. The van der Waals surface area contributed by atoms with E-state index in [9.17, 15) is 9.90 Å². The van der Waals surface area contributed by atoms with E-state index in [-0.39, 0.29) is 6.42 Å². The number of methoxy groups -OCH3 is 1. The van der Waals surface area contributed by atoms with Gasteiger partial charge in [0.1, 0.15) is 0 Å². The number of amides is 1. The smallest absolute Gasteiger partial charge is 0.225 e. The number of hydrogen-bond donors (Lipinski definition) is 2. The zero-order chi connectivity index (χ0) is 10.0. The molecule has 4 unspecified atom stereocenters. The van der Waals surface area contributed by atoms with Gasteiger partial charge in [-0.05, 0) is 6.92 Å². The molecule has 13 heavy (non-hydrogen) atoms. The number of ether oxygens (including phenoxy) is 2. The summed E-state index contributed by atoms with van der Waals surface area (Å²) >= 11 is 0. The molecule has 0 saturated carbocycles. The highest BCUT2D eigenvalue weighted by atomic mass is 16.7. The van der Waals surface area contributed by atoms with Crippen molar-refractivity contribution in [1.82, 2.24) is 0 Å². The van der Waals surface area contributed by atoms with E-state index < -0.39 is 30.3 Å². The van der Waals surface area contributed by atoms with Gasteiger partial charge in [0.2, 0.25) is 5.91 Å². The van der Waals surface area contributed by atoms with Crippen LogP contribution in [-0.4, -0.2) is 36.6 Å². The van der Waals surface area contributed by atoms with Crippen LogP contribution in [0.3, 0.4) is 0 Å². The minimum atomic E-state index is -0.772. The van der Waals surface area contributed by atoms with E-state index in [1.807, 2.05) is 0 Å². The van der Waals surface area contributed by atoms with Crippen molar-refractivity contribution in [2.45, 2.75) is 31.8 Å². The first-order valence-corrected chi connectivity index (χ1v) is 4.22. The molecule has 3 N–H and O–H groups in total. The second-order valence-electron chi connectivity index (χ2n) is 3.24. The van der Waals surface area contributed by atoms with Crippen LogP contribution in [0.25, 0.3) is 0 Å². The Morgan fingerprint density at radius 3 is 2.69 bits per heavy atom. The quantitative estimate of drug-likeness (QED) is 0.597. The van der Waals surface area contributed by atoms with Gasteiger partial charge in [-0.1, -0.05) is 0 Å². The third-order valence-corrected chi connectivity index (χ3v) is 2.31. The second-order valence-corrected chi connectivity index (χ2v) is 3.24. The van der Waals surface area contributed by atoms with Crippen LogP contribution < -0.4 is 5.73 Å². The van der Waals surface area contributed by atoms with E-state index in [1.54, 1.807) is 6.92 Å². The maximum absolute atomic E-state index is 10.9. The fourth-order valence-corrected chi connectivity index (χ4v) is 1.61. The van der Waals surface area contributed by atoms with Gasteiger partial charge in [-0.3, -0.25) is 4.79 Å². The van der Waals surface area contributed by atoms with Crippen LogP contribution in [0.2, 0.25) is 0 Å². The van der Waals surface area contributed by atoms with E-state index in [1.165, 1.54) is 7.11 Å². The molecule has 5 nitrogen and oxygen atoms in total. The predicted octanol–water partition coefficient (Wildman–Crippen LogP) is -0.770. The van der Waals surface area contributed by atoms with Crippen molar-refractivity contribution < 1.29 is 19.4 Å². The molecule has 1 saturated heterocycles. The molecule has 76 valence electrons. The third-order valence-electron chi connectivity index (χ3n) is 2.31. The molecule has 0 aromatic heterocycles. The molecule has 5 heteroatoms. The number of hydrogen-bond acceptors (Lipinski definition) is 4. The predicted molar refractivity (Wildman–Crippen MR) is 44.7 cm³/mol. The summed E-state index contributed by atoms with van der Waals surface area (Å²) in [7, 11) is 1.49. The maximum atomic E-state index is 10.9. The maximum Gasteiger partial charge on any atom is 0.225 e. The summed E-state index contributed by atoms with van der Waals surface area (Å²) in [6.45, 7) is 1.70. The van der Waals surface area contributed by atoms with Crippen molar-refractivity contribution in [3.8, 4) is 0 Å². The molecule has 1 heterocycles. The Bertz CT molecular complexity index is 185. The van der Waals surface area contributed by atoms with Gasteiger partial charge < -0.3 is 20.3 Å². The monoisotopic (exact) mass is 189 g/mol. The van der Waals surface area contributed by atoms with E-state index in [2.05, 4.69) is 0 Å². The fourth-order valence-electron chi connectivity index (χ4n) is 1.61. The molecule has 1 amide bonds. The van der Waals surface area contributed by atoms with Crippen molar-refractivity contribution in [3.05, 3.63) is 0 Å². The van der Waals surface area contributed by atoms with Crippen molar-refractivity contribution in [2.24, 2.45) is 11.7 Å². The highest BCUT2D eigenvalue weighted by molar-refractivity contribution is 5.78. The number of nitrogens with two attached hydrogens (primary N) is 1. The van der Waals surface area contributed by atoms with Gasteiger partial charge in [0.25, 0.3) is 0 Å². The number of carbonyl (C=O) groups is 1. The zero-order valence-electron chi connectivity index (χ0n) is 7.77. The summed E-state index contributed by atoms with van der Waals surface area (Å²) < 4.78 is 10.2. The fraction of sp³-hybridized carbons (Fsp3) is 0.875. The highest BCUT2D eigenvalue weighted by Crippen LogP contribution is 2.25. The lowest BCUT2D eigenvalue weighted by atomic mass is 9.91. The van der Waals surface area contributed by atoms with Gasteiger partial charge in [0.05, 0.1) is 18.1 Å². The molecule has 1 aliphatic heterocycles. The standard InChI is InChI=1S/C8H15NO4/c1-4-7(8(9)11)5(10)3-6(12-2)13-4/h4-7,10H,3H2,1-2H3,(H2,9,11). The first-order chi connectivity index (χ1) is 6.06. The van der Waals surface area contributed by atoms with Crippen LogP contribution >= 0.6 is 0 Å². The van der Waals surface area contributed by atoms with Gasteiger partial charge in [0, 0.05) is 13.5 Å². The minimum absolute atomic E-state index is 0.286. The average molecular weight is 189 g/mol. The Kier molecular flexibility index (Phi) is 3.24. The zero-order valence-corrected chi connectivity index (χ0v) is 7.77. The summed E-state index contributed by atoms with van der Waals surface area (Å²) in [6, 6.07) is 0. The molecule has 4 atom stereocenters. The summed E-state index contributed by atoms with van der Waals surface area (Å²) in [5.74, 6) is -1.17. The van der Waals surface area contributed by atoms with Crippen LogP contribution in [0.5, 0.6) is 0 Å². The van der Waals surface area contributed by atoms with Crippen LogP contribution in [0.1, 0.15) is 13.3 Å². The first kappa shape index (κ1) is 10.4. The second kappa shape index (κ2) is 4.04. The van der Waals surface area contributed by atoms with Crippen molar-refractivity contribution >= 4 is 5.91 Å². The van der Waals surface area contributed by atoms with Gasteiger partial charge in [-0.15, -0.1) is 0 Å². The molecule has 0 spiro atoms. The molecule has 0 aromatic rings. The Hall–Kier alpha value is -0.650. The van der Waals surface area contributed by atoms with Crippen LogP contribution in [0, 0.1) is 5.92 Å². The van der Waals surface area contributed by atoms with E-state index >= 15 is 0 Å². The van der Waals surface area contributed by atoms with Gasteiger partial charge in [-0.2, -0.15) is 0 Å². The third kappa shape index (κ3) is 2.18.